The molecule has 0 bridgehead atoms. The van der Waals surface area contributed by atoms with Crippen molar-refractivity contribution in [2.45, 2.75) is 17.9 Å². The minimum absolute atomic E-state index is 0.175. The smallest absolute Gasteiger partial charge is 0.239 e. The summed E-state index contributed by atoms with van der Waals surface area (Å²) in [7, 11) is -3.51. The Morgan fingerprint density at radius 3 is 2.38 bits per heavy atom. The highest BCUT2D eigenvalue weighted by molar-refractivity contribution is 7.91. The van der Waals surface area contributed by atoms with Gasteiger partial charge in [0.2, 0.25) is 11.8 Å². The summed E-state index contributed by atoms with van der Waals surface area (Å²) in [6, 6.07) is 11.3. The molecule has 0 unspecified atom stereocenters. The van der Waals surface area contributed by atoms with Crippen LogP contribution in [-0.2, 0) is 26.0 Å². The summed E-state index contributed by atoms with van der Waals surface area (Å²) < 4.78 is 29.1. The first kappa shape index (κ1) is 17.7. The Morgan fingerprint density at radius 1 is 0.958 bits per heavy atom. The van der Waals surface area contributed by atoms with Gasteiger partial charge in [0.05, 0.1) is 30.0 Å². The van der Waals surface area contributed by atoms with Gasteiger partial charge < -0.3 is 15.1 Å². The first-order valence-corrected chi connectivity index (χ1v) is 8.96. The molecule has 24 heavy (non-hydrogen) atoms. The molecule has 1 aromatic heterocycles. The second-order valence-electron chi connectivity index (χ2n) is 5.01. The molecular weight excluding hydrogens is 332 g/mol. The van der Waals surface area contributed by atoms with E-state index in [-0.39, 0.29) is 36.1 Å². The average Bonchev–Trinajstić information content (AvgIpc) is 3.10. The largest absolute Gasteiger partial charge is 0.467 e. The molecule has 0 aliphatic carbocycles. The monoisotopic (exact) mass is 350 g/mol. The number of carbonyl (C=O) groups is 2. The van der Waals surface area contributed by atoms with E-state index in [4.69, 9.17) is 4.42 Å². The van der Waals surface area contributed by atoms with Crippen LogP contribution in [0.5, 0.6) is 0 Å². The summed E-state index contributed by atoms with van der Waals surface area (Å²) in [6.07, 6.45) is 1.29. The topological polar surface area (TPSA) is 105 Å². The van der Waals surface area contributed by atoms with Crippen molar-refractivity contribution in [3.05, 3.63) is 54.5 Å². The zero-order valence-corrected chi connectivity index (χ0v) is 13.7. The van der Waals surface area contributed by atoms with Crippen LogP contribution in [0, 0.1) is 0 Å². The molecule has 8 heteroatoms. The Morgan fingerprint density at radius 2 is 1.71 bits per heavy atom. The van der Waals surface area contributed by atoms with E-state index in [1.54, 1.807) is 30.3 Å². The SMILES string of the molecule is O=C(CCS(=O)(=O)c1ccccc1)NCC(=O)NCc1ccco1. The molecule has 0 atom stereocenters. The van der Waals surface area contributed by atoms with Crippen LogP contribution in [0.4, 0.5) is 0 Å². The number of hydrogen-bond donors (Lipinski definition) is 2. The van der Waals surface area contributed by atoms with E-state index < -0.39 is 15.7 Å². The number of benzene rings is 1. The van der Waals surface area contributed by atoms with Crippen LogP contribution in [0.15, 0.2) is 58.0 Å². The van der Waals surface area contributed by atoms with E-state index in [9.17, 15) is 18.0 Å². The maximum atomic E-state index is 12.0. The van der Waals surface area contributed by atoms with Crippen LogP contribution in [0.1, 0.15) is 12.2 Å². The molecule has 0 spiro atoms. The zero-order chi connectivity index (χ0) is 17.4. The third-order valence-electron chi connectivity index (χ3n) is 3.19. The van der Waals surface area contributed by atoms with E-state index in [1.165, 1.54) is 18.4 Å². The standard InChI is InChI=1S/C16H18N2O5S/c19-15(8-10-24(21,22)14-6-2-1-3-7-14)18-12-16(20)17-11-13-5-4-9-23-13/h1-7,9H,8,10-12H2,(H,17,20)(H,18,19). The molecule has 1 heterocycles. The molecule has 0 saturated carbocycles. The van der Waals surface area contributed by atoms with Gasteiger partial charge in [0.25, 0.3) is 0 Å². The van der Waals surface area contributed by atoms with Gasteiger partial charge in [0, 0.05) is 6.42 Å². The summed E-state index contributed by atoms with van der Waals surface area (Å²) in [5.41, 5.74) is 0. The fourth-order valence-electron chi connectivity index (χ4n) is 1.90. The lowest BCUT2D eigenvalue weighted by Gasteiger charge is -2.07. The summed E-state index contributed by atoms with van der Waals surface area (Å²) in [5.74, 6) is -0.589. The van der Waals surface area contributed by atoms with Crippen LogP contribution < -0.4 is 10.6 Å². The molecule has 2 rings (SSSR count). The maximum Gasteiger partial charge on any atom is 0.239 e. The van der Waals surface area contributed by atoms with Gasteiger partial charge in [-0.05, 0) is 24.3 Å². The Labute approximate surface area is 140 Å². The first-order valence-electron chi connectivity index (χ1n) is 7.31. The summed E-state index contributed by atoms with van der Waals surface area (Å²) in [6.45, 7) is 0.00895. The Balaban J connectivity index is 1.70. The fourth-order valence-corrected chi connectivity index (χ4v) is 3.16. The van der Waals surface area contributed by atoms with Gasteiger partial charge in [0.15, 0.2) is 9.84 Å². The van der Waals surface area contributed by atoms with Gasteiger partial charge in [0.1, 0.15) is 5.76 Å². The molecule has 0 aliphatic rings. The van der Waals surface area contributed by atoms with Crippen molar-refractivity contribution in [2.24, 2.45) is 0 Å². The highest BCUT2D eigenvalue weighted by Crippen LogP contribution is 2.10. The van der Waals surface area contributed by atoms with E-state index >= 15 is 0 Å². The van der Waals surface area contributed by atoms with Crippen LogP contribution in [0.3, 0.4) is 0 Å². The second kappa shape index (κ2) is 8.30. The average molecular weight is 350 g/mol. The predicted molar refractivity (Wildman–Crippen MR) is 86.7 cm³/mol. The van der Waals surface area contributed by atoms with Crippen molar-refractivity contribution in [3.8, 4) is 0 Å². The number of rotatable bonds is 8. The van der Waals surface area contributed by atoms with E-state index in [1.807, 2.05) is 0 Å². The molecule has 1 aromatic carbocycles. The highest BCUT2D eigenvalue weighted by atomic mass is 32.2. The molecule has 128 valence electrons. The quantitative estimate of drug-likeness (QED) is 0.735. The predicted octanol–water partition coefficient (Wildman–Crippen LogP) is 0.876. The van der Waals surface area contributed by atoms with Crippen molar-refractivity contribution in [1.82, 2.24) is 10.6 Å². The molecule has 2 N–H and O–H groups in total. The van der Waals surface area contributed by atoms with Gasteiger partial charge in [-0.3, -0.25) is 9.59 Å². The highest BCUT2D eigenvalue weighted by Gasteiger charge is 2.16. The molecule has 2 amide bonds. The number of amides is 2. The van der Waals surface area contributed by atoms with Gasteiger partial charge in [-0.1, -0.05) is 18.2 Å². The van der Waals surface area contributed by atoms with Crippen molar-refractivity contribution >= 4 is 21.7 Å². The molecule has 0 aliphatic heterocycles. The van der Waals surface area contributed by atoms with E-state index in [0.717, 1.165) is 0 Å². The number of carbonyl (C=O) groups excluding carboxylic acids is 2. The minimum Gasteiger partial charge on any atom is -0.467 e. The van der Waals surface area contributed by atoms with Crippen molar-refractivity contribution in [3.63, 3.8) is 0 Å². The second-order valence-corrected chi connectivity index (χ2v) is 7.12. The summed E-state index contributed by atoms with van der Waals surface area (Å²) >= 11 is 0. The van der Waals surface area contributed by atoms with E-state index in [2.05, 4.69) is 10.6 Å². The van der Waals surface area contributed by atoms with Gasteiger partial charge in [-0.25, -0.2) is 8.42 Å². The van der Waals surface area contributed by atoms with Crippen molar-refractivity contribution in [1.29, 1.82) is 0 Å². The Bertz CT molecular complexity index is 770. The normalized spacial score (nSPS) is 11.0. The molecular formula is C16H18N2O5S. The molecule has 2 aromatic rings. The Hall–Kier alpha value is -2.61. The van der Waals surface area contributed by atoms with Gasteiger partial charge in [-0.2, -0.15) is 0 Å². The fraction of sp³-hybridized carbons (Fsp3) is 0.250. The lowest BCUT2D eigenvalue weighted by Crippen LogP contribution is -2.37. The molecule has 0 saturated heterocycles. The third kappa shape index (κ3) is 5.54. The van der Waals surface area contributed by atoms with Crippen LogP contribution in [0.2, 0.25) is 0 Å². The zero-order valence-electron chi connectivity index (χ0n) is 12.9. The summed E-state index contributed by atoms with van der Waals surface area (Å²) in [5, 5.41) is 4.96. The lowest BCUT2D eigenvalue weighted by atomic mass is 10.4. The minimum atomic E-state index is -3.51. The van der Waals surface area contributed by atoms with Crippen LogP contribution >= 0.6 is 0 Å². The van der Waals surface area contributed by atoms with Crippen molar-refractivity contribution < 1.29 is 22.4 Å². The number of sulfone groups is 1. The van der Waals surface area contributed by atoms with Crippen LogP contribution in [0.25, 0.3) is 0 Å². The third-order valence-corrected chi connectivity index (χ3v) is 4.92. The van der Waals surface area contributed by atoms with Crippen LogP contribution in [-0.4, -0.2) is 32.5 Å². The first-order chi connectivity index (χ1) is 11.5. The number of nitrogens with one attached hydrogen (secondary N) is 2. The van der Waals surface area contributed by atoms with Gasteiger partial charge in [-0.15, -0.1) is 0 Å². The van der Waals surface area contributed by atoms with E-state index in [0.29, 0.717) is 5.76 Å². The van der Waals surface area contributed by atoms with Crippen molar-refractivity contribution in [2.75, 3.05) is 12.3 Å². The van der Waals surface area contributed by atoms with Gasteiger partial charge >= 0.3 is 0 Å². The molecule has 0 fully saturated rings. The molecule has 7 nitrogen and oxygen atoms in total. The molecule has 0 radical (unpaired) electrons. The lowest BCUT2D eigenvalue weighted by molar-refractivity contribution is -0.126. The number of hydrogen-bond acceptors (Lipinski definition) is 5. The Kier molecular flexibility index (Phi) is 6.14. The number of furan rings is 1. The maximum absolute atomic E-state index is 12.0. The summed E-state index contributed by atoms with van der Waals surface area (Å²) in [4.78, 5) is 23.4.